The highest BCUT2D eigenvalue weighted by Gasteiger charge is 2.16. The fourth-order valence-electron chi connectivity index (χ4n) is 1.42. The minimum atomic E-state index is -3.74. The van der Waals surface area contributed by atoms with Gasteiger partial charge in [0.05, 0.1) is 0 Å². The molecular weight excluding hydrogens is 268 g/mol. The second-order valence-electron chi connectivity index (χ2n) is 4.09. The molecule has 0 unspecified atom stereocenters. The number of H-pyrrole nitrogens is 1. The Balaban J connectivity index is 2.36. The number of rotatable bonds is 9. The minimum Gasteiger partial charge on any atom is -0.381 e. The molecule has 1 rings (SSSR count). The number of sulfonamides is 1. The lowest BCUT2D eigenvalue weighted by molar-refractivity contribution is 0.130. The molecule has 108 valence electrons. The van der Waals surface area contributed by atoms with Gasteiger partial charge in [0.2, 0.25) is 15.5 Å². The van der Waals surface area contributed by atoms with Gasteiger partial charge in [-0.2, -0.15) is 0 Å². The van der Waals surface area contributed by atoms with Crippen LogP contribution in [0.15, 0.2) is 28.2 Å². The zero-order chi connectivity index (χ0) is 14.1. The lowest BCUT2D eigenvalue weighted by Gasteiger charge is -2.06. The molecule has 0 bridgehead atoms. The summed E-state index contributed by atoms with van der Waals surface area (Å²) in [5.74, 6) is 0. The maximum atomic E-state index is 11.8. The molecule has 0 aliphatic carbocycles. The normalized spacial score (nSPS) is 11.6. The van der Waals surface area contributed by atoms with Crippen molar-refractivity contribution in [2.75, 3.05) is 19.8 Å². The molecule has 0 saturated carbocycles. The van der Waals surface area contributed by atoms with E-state index in [0.29, 0.717) is 19.6 Å². The van der Waals surface area contributed by atoms with E-state index in [2.05, 4.69) is 16.6 Å². The Bertz CT molecular complexity index is 525. The summed E-state index contributed by atoms with van der Waals surface area (Å²) in [6.45, 7) is 3.53. The highest BCUT2D eigenvalue weighted by Crippen LogP contribution is 1.99. The van der Waals surface area contributed by atoms with Gasteiger partial charge in [0.15, 0.2) is 0 Å². The van der Waals surface area contributed by atoms with Crippen LogP contribution in [0.1, 0.15) is 26.2 Å². The molecule has 1 aromatic heterocycles. The second kappa shape index (κ2) is 8.08. The van der Waals surface area contributed by atoms with Crippen LogP contribution in [-0.4, -0.2) is 33.2 Å². The van der Waals surface area contributed by atoms with Crippen molar-refractivity contribution in [2.45, 2.75) is 31.1 Å². The van der Waals surface area contributed by atoms with Crippen LogP contribution in [0.4, 0.5) is 0 Å². The first-order chi connectivity index (χ1) is 9.08. The molecule has 0 radical (unpaired) electrons. The first-order valence-corrected chi connectivity index (χ1v) is 7.80. The first-order valence-electron chi connectivity index (χ1n) is 6.32. The number of aromatic nitrogens is 1. The largest absolute Gasteiger partial charge is 0.381 e. The van der Waals surface area contributed by atoms with Crippen LogP contribution in [0.2, 0.25) is 0 Å². The van der Waals surface area contributed by atoms with Crippen molar-refractivity contribution in [1.82, 2.24) is 9.71 Å². The molecular formula is C12H20N2O4S. The van der Waals surface area contributed by atoms with E-state index < -0.39 is 15.5 Å². The van der Waals surface area contributed by atoms with Gasteiger partial charge in [-0.05, 0) is 12.8 Å². The molecule has 1 aromatic rings. The number of aromatic amines is 1. The fraction of sp³-hybridized carbons (Fsp3) is 0.583. The van der Waals surface area contributed by atoms with Gasteiger partial charge in [0.1, 0.15) is 4.90 Å². The monoisotopic (exact) mass is 288 g/mol. The van der Waals surface area contributed by atoms with Crippen LogP contribution in [-0.2, 0) is 14.8 Å². The summed E-state index contributed by atoms with van der Waals surface area (Å²) in [5, 5.41) is 0. The van der Waals surface area contributed by atoms with Crippen molar-refractivity contribution in [3.63, 3.8) is 0 Å². The molecule has 0 spiro atoms. The summed E-state index contributed by atoms with van der Waals surface area (Å²) in [5.41, 5.74) is -0.523. The highest BCUT2D eigenvalue weighted by atomic mass is 32.2. The molecule has 0 aromatic carbocycles. The van der Waals surface area contributed by atoms with Crippen molar-refractivity contribution >= 4 is 10.0 Å². The molecule has 0 fully saturated rings. The van der Waals surface area contributed by atoms with Crippen LogP contribution in [0.3, 0.4) is 0 Å². The van der Waals surface area contributed by atoms with E-state index in [1.807, 2.05) is 0 Å². The number of nitrogens with one attached hydrogen (secondary N) is 2. The Morgan fingerprint density at radius 1 is 1.32 bits per heavy atom. The smallest absolute Gasteiger partial charge is 0.245 e. The molecule has 7 heteroatoms. The molecule has 1 heterocycles. The minimum absolute atomic E-state index is 0.253. The number of unbranched alkanes of at least 4 members (excludes halogenated alkanes) is 1. The first kappa shape index (κ1) is 15.9. The maximum Gasteiger partial charge on any atom is 0.245 e. The predicted molar refractivity (Wildman–Crippen MR) is 72.6 cm³/mol. The van der Waals surface area contributed by atoms with Gasteiger partial charge >= 0.3 is 0 Å². The summed E-state index contributed by atoms with van der Waals surface area (Å²) in [4.78, 5) is 13.7. The van der Waals surface area contributed by atoms with Crippen molar-refractivity contribution in [3.05, 3.63) is 28.7 Å². The number of ether oxygens (including phenoxy) is 1. The predicted octanol–water partition coefficient (Wildman–Crippen LogP) is 0.860. The Morgan fingerprint density at radius 3 is 2.74 bits per heavy atom. The molecule has 0 atom stereocenters. The van der Waals surface area contributed by atoms with Gasteiger partial charge in [0.25, 0.3) is 0 Å². The average molecular weight is 288 g/mol. The van der Waals surface area contributed by atoms with Crippen molar-refractivity contribution in [1.29, 1.82) is 0 Å². The van der Waals surface area contributed by atoms with Gasteiger partial charge in [0, 0.05) is 38.2 Å². The second-order valence-corrected chi connectivity index (χ2v) is 5.83. The van der Waals surface area contributed by atoms with Gasteiger partial charge < -0.3 is 9.72 Å². The number of pyridine rings is 1. The number of hydrogen-bond donors (Lipinski definition) is 2. The third-order valence-corrected chi connectivity index (χ3v) is 3.96. The van der Waals surface area contributed by atoms with Crippen molar-refractivity contribution in [2.24, 2.45) is 0 Å². The molecule has 19 heavy (non-hydrogen) atoms. The van der Waals surface area contributed by atoms with Gasteiger partial charge in [-0.25, -0.2) is 13.1 Å². The topological polar surface area (TPSA) is 88.3 Å². The summed E-state index contributed by atoms with van der Waals surface area (Å²) in [6, 6.07) is 1.18. The summed E-state index contributed by atoms with van der Waals surface area (Å²) < 4.78 is 31.3. The third-order valence-electron chi connectivity index (χ3n) is 2.48. The molecule has 0 amide bonds. The Kier molecular flexibility index (Phi) is 6.75. The maximum absolute atomic E-state index is 11.8. The van der Waals surface area contributed by atoms with Crippen LogP contribution in [0, 0.1) is 0 Å². The van der Waals surface area contributed by atoms with Gasteiger partial charge in [-0.3, -0.25) is 4.79 Å². The molecule has 0 aliphatic heterocycles. The van der Waals surface area contributed by atoms with Crippen LogP contribution in [0.25, 0.3) is 0 Å². The summed E-state index contributed by atoms with van der Waals surface area (Å²) in [7, 11) is -3.74. The van der Waals surface area contributed by atoms with Crippen LogP contribution in [0.5, 0.6) is 0 Å². The van der Waals surface area contributed by atoms with Gasteiger partial charge in [-0.1, -0.05) is 13.3 Å². The Morgan fingerprint density at radius 2 is 2.05 bits per heavy atom. The summed E-state index contributed by atoms with van der Waals surface area (Å²) >= 11 is 0. The standard InChI is InChI=1S/C12H20N2O4S/c1-2-3-8-18-9-4-6-14-19(16,17)12-10-13-7-5-11(12)15/h5,7,10,14H,2-4,6,8-9H2,1H3,(H,13,15). The lowest BCUT2D eigenvalue weighted by atomic mass is 10.4. The average Bonchev–Trinajstić information content (AvgIpc) is 2.38. The van der Waals surface area contributed by atoms with E-state index in [1.54, 1.807) is 0 Å². The Labute approximate surface area is 113 Å². The Hall–Kier alpha value is -1.18. The van der Waals surface area contributed by atoms with Gasteiger partial charge in [-0.15, -0.1) is 0 Å². The summed E-state index contributed by atoms with van der Waals surface area (Å²) in [6.07, 6.45) is 5.23. The quantitative estimate of drug-likeness (QED) is 0.660. The highest BCUT2D eigenvalue weighted by molar-refractivity contribution is 7.89. The van der Waals surface area contributed by atoms with Crippen molar-refractivity contribution in [3.8, 4) is 0 Å². The molecule has 6 nitrogen and oxygen atoms in total. The number of hydrogen-bond acceptors (Lipinski definition) is 4. The molecule has 0 aliphatic rings. The van der Waals surface area contributed by atoms with E-state index in [0.717, 1.165) is 12.8 Å². The van der Waals surface area contributed by atoms with Crippen LogP contribution >= 0.6 is 0 Å². The van der Waals surface area contributed by atoms with E-state index in [4.69, 9.17) is 4.74 Å². The van der Waals surface area contributed by atoms with E-state index >= 15 is 0 Å². The zero-order valence-electron chi connectivity index (χ0n) is 11.0. The molecule has 2 N–H and O–H groups in total. The van der Waals surface area contributed by atoms with Crippen LogP contribution < -0.4 is 10.2 Å². The van der Waals surface area contributed by atoms with E-state index in [9.17, 15) is 13.2 Å². The van der Waals surface area contributed by atoms with E-state index in [-0.39, 0.29) is 11.4 Å². The van der Waals surface area contributed by atoms with E-state index in [1.165, 1.54) is 18.5 Å². The lowest BCUT2D eigenvalue weighted by Crippen LogP contribution is -2.29. The zero-order valence-corrected chi connectivity index (χ0v) is 11.8. The third kappa shape index (κ3) is 5.54. The SMILES string of the molecule is CCCCOCCCNS(=O)(=O)c1c[nH]ccc1=O. The van der Waals surface area contributed by atoms with Crippen molar-refractivity contribution < 1.29 is 13.2 Å². The fourth-order valence-corrected chi connectivity index (χ4v) is 2.54. The molecule has 0 saturated heterocycles.